The fourth-order valence-electron chi connectivity index (χ4n) is 2.48. The number of hydrogen-bond donors (Lipinski definition) is 1. The topological polar surface area (TPSA) is 21.3 Å². The van der Waals surface area contributed by atoms with Gasteiger partial charge in [0.1, 0.15) is 0 Å². The fourth-order valence-corrected chi connectivity index (χ4v) is 2.48. The summed E-state index contributed by atoms with van der Waals surface area (Å²) in [6, 6.07) is 0. The highest BCUT2D eigenvalue weighted by Gasteiger charge is 2.31. The molecule has 1 rings (SSSR count). The Hall–Kier alpha value is -0.0800. The van der Waals surface area contributed by atoms with Gasteiger partial charge in [-0.15, -0.1) is 0 Å². The summed E-state index contributed by atoms with van der Waals surface area (Å²) in [6.07, 6.45) is 8.21. The van der Waals surface area contributed by atoms with Crippen LogP contribution in [0.3, 0.4) is 0 Å². The molecule has 84 valence electrons. The average Bonchev–Trinajstić information content (AvgIpc) is 2.67. The first-order valence-electron chi connectivity index (χ1n) is 6.03. The zero-order valence-electron chi connectivity index (χ0n) is 9.77. The van der Waals surface area contributed by atoms with Gasteiger partial charge in [0.15, 0.2) is 0 Å². The van der Waals surface area contributed by atoms with Crippen LogP contribution in [0.25, 0.3) is 0 Å². The van der Waals surface area contributed by atoms with Crippen molar-refractivity contribution in [1.29, 1.82) is 0 Å². The van der Waals surface area contributed by atoms with E-state index in [4.69, 9.17) is 4.74 Å². The lowest BCUT2D eigenvalue weighted by Crippen LogP contribution is -2.32. The summed E-state index contributed by atoms with van der Waals surface area (Å²) < 4.78 is 5.03. The smallest absolute Gasteiger partial charge is 0.0474 e. The molecular formula is C12H25NO. The standard InChI is InChI=1S/C12H25NO/c1-3-12(7-4-5-8-12)11-13-9-6-10-14-2/h13H,3-11H2,1-2H3. The molecule has 1 saturated carbocycles. The molecule has 0 aromatic carbocycles. The minimum atomic E-state index is 0.632. The van der Waals surface area contributed by atoms with Crippen molar-refractivity contribution < 1.29 is 4.74 Å². The third-order valence-corrected chi connectivity index (χ3v) is 3.62. The van der Waals surface area contributed by atoms with Crippen molar-refractivity contribution in [2.24, 2.45) is 5.41 Å². The van der Waals surface area contributed by atoms with Gasteiger partial charge in [-0.2, -0.15) is 0 Å². The molecule has 1 aliphatic rings. The van der Waals surface area contributed by atoms with E-state index in [-0.39, 0.29) is 0 Å². The molecule has 0 aliphatic heterocycles. The van der Waals surface area contributed by atoms with Gasteiger partial charge in [0.05, 0.1) is 0 Å². The van der Waals surface area contributed by atoms with E-state index in [2.05, 4.69) is 12.2 Å². The van der Waals surface area contributed by atoms with Crippen LogP contribution in [0.1, 0.15) is 45.4 Å². The van der Waals surface area contributed by atoms with Crippen LogP contribution in [-0.2, 0) is 4.74 Å². The van der Waals surface area contributed by atoms with Crippen LogP contribution in [0, 0.1) is 5.41 Å². The molecular weight excluding hydrogens is 174 g/mol. The Morgan fingerprint density at radius 2 is 2.00 bits per heavy atom. The summed E-state index contributed by atoms with van der Waals surface area (Å²) in [5, 5.41) is 3.57. The monoisotopic (exact) mass is 199 g/mol. The molecule has 0 spiro atoms. The molecule has 0 aromatic rings. The third kappa shape index (κ3) is 3.58. The second kappa shape index (κ2) is 6.41. The molecule has 0 aromatic heterocycles. The minimum Gasteiger partial charge on any atom is -0.385 e. The molecule has 14 heavy (non-hydrogen) atoms. The molecule has 1 aliphatic carbocycles. The Balaban J connectivity index is 2.08. The van der Waals surface area contributed by atoms with Crippen molar-refractivity contribution in [3.63, 3.8) is 0 Å². The van der Waals surface area contributed by atoms with Crippen LogP contribution in [0.4, 0.5) is 0 Å². The van der Waals surface area contributed by atoms with E-state index in [9.17, 15) is 0 Å². The second-order valence-corrected chi connectivity index (χ2v) is 4.58. The number of rotatable bonds is 7. The maximum absolute atomic E-state index is 5.03. The molecule has 1 N–H and O–H groups in total. The van der Waals surface area contributed by atoms with Gasteiger partial charge in [-0.05, 0) is 37.6 Å². The third-order valence-electron chi connectivity index (χ3n) is 3.62. The molecule has 0 radical (unpaired) electrons. The van der Waals surface area contributed by atoms with E-state index < -0.39 is 0 Å². The summed E-state index contributed by atoms with van der Waals surface area (Å²) >= 11 is 0. The van der Waals surface area contributed by atoms with Crippen LogP contribution in [0.2, 0.25) is 0 Å². The van der Waals surface area contributed by atoms with E-state index in [0.29, 0.717) is 5.41 Å². The van der Waals surface area contributed by atoms with Crippen LogP contribution < -0.4 is 5.32 Å². The van der Waals surface area contributed by atoms with Crippen molar-refractivity contribution in [3.05, 3.63) is 0 Å². The number of hydrogen-bond acceptors (Lipinski definition) is 2. The van der Waals surface area contributed by atoms with Crippen LogP contribution in [0.15, 0.2) is 0 Å². The maximum Gasteiger partial charge on any atom is 0.0474 e. The molecule has 0 bridgehead atoms. The summed E-state index contributed by atoms with van der Waals surface area (Å²) in [5.41, 5.74) is 0.632. The first-order chi connectivity index (χ1) is 6.83. The first kappa shape index (κ1) is 12.0. The highest BCUT2D eigenvalue weighted by atomic mass is 16.5. The fraction of sp³-hybridized carbons (Fsp3) is 1.00. The Labute approximate surface area is 88.4 Å². The SMILES string of the molecule is CCC1(CNCCCOC)CCCC1. The van der Waals surface area contributed by atoms with Gasteiger partial charge in [-0.25, -0.2) is 0 Å². The second-order valence-electron chi connectivity index (χ2n) is 4.58. The van der Waals surface area contributed by atoms with Crippen molar-refractivity contribution in [3.8, 4) is 0 Å². The molecule has 2 heteroatoms. The molecule has 0 atom stereocenters. The zero-order valence-corrected chi connectivity index (χ0v) is 9.77. The van der Waals surface area contributed by atoms with Gasteiger partial charge in [0, 0.05) is 20.3 Å². The van der Waals surface area contributed by atoms with Crippen LogP contribution in [-0.4, -0.2) is 26.8 Å². The highest BCUT2D eigenvalue weighted by molar-refractivity contribution is 4.85. The van der Waals surface area contributed by atoms with Gasteiger partial charge >= 0.3 is 0 Å². The highest BCUT2D eigenvalue weighted by Crippen LogP contribution is 2.40. The number of methoxy groups -OCH3 is 1. The van der Waals surface area contributed by atoms with Gasteiger partial charge < -0.3 is 10.1 Å². The van der Waals surface area contributed by atoms with Gasteiger partial charge in [-0.1, -0.05) is 19.8 Å². The van der Waals surface area contributed by atoms with E-state index in [1.165, 1.54) is 38.6 Å². The summed E-state index contributed by atoms with van der Waals surface area (Å²) in [6.45, 7) is 5.54. The van der Waals surface area contributed by atoms with Gasteiger partial charge in [-0.3, -0.25) is 0 Å². The van der Waals surface area contributed by atoms with E-state index >= 15 is 0 Å². The predicted molar refractivity (Wildman–Crippen MR) is 60.6 cm³/mol. The van der Waals surface area contributed by atoms with Crippen LogP contribution >= 0.6 is 0 Å². The molecule has 0 amide bonds. The molecule has 2 nitrogen and oxygen atoms in total. The first-order valence-corrected chi connectivity index (χ1v) is 6.03. The van der Waals surface area contributed by atoms with Crippen molar-refractivity contribution in [2.45, 2.75) is 45.4 Å². The summed E-state index contributed by atoms with van der Waals surface area (Å²) in [7, 11) is 1.77. The van der Waals surface area contributed by atoms with Crippen molar-refractivity contribution in [1.82, 2.24) is 5.32 Å². The molecule has 1 fully saturated rings. The van der Waals surface area contributed by atoms with Crippen molar-refractivity contribution >= 4 is 0 Å². The summed E-state index contributed by atoms with van der Waals surface area (Å²) in [5.74, 6) is 0. The van der Waals surface area contributed by atoms with E-state index in [1.54, 1.807) is 7.11 Å². The lowest BCUT2D eigenvalue weighted by atomic mass is 9.83. The quantitative estimate of drug-likeness (QED) is 0.636. The Morgan fingerprint density at radius 3 is 2.57 bits per heavy atom. The van der Waals surface area contributed by atoms with Crippen LogP contribution in [0.5, 0.6) is 0 Å². The number of nitrogens with one attached hydrogen (secondary N) is 1. The predicted octanol–water partition coefficient (Wildman–Crippen LogP) is 2.58. The largest absolute Gasteiger partial charge is 0.385 e. The normalized spacial score (nSPS) is 20.1. The molecule has 0 heterocycles. The van der Waals surface area contributed by atoms with E-state index in [0.717, 1.165) is 19.6 Å². The zero-order chi connectivity index (χ0) is 10.3. The molecule has 0 saturated heterocycles. The van der Waals surface area contributed by atoms with Gasteiger partial charge in [0.2, 0.25) is 0 Å². The Morgan fingerprint density at radius 1 is 1.29 bits per heavy atom. The minimum absolute atomic E-state index is 0.632. The van der Waals surface area contributed by atoms with Crippen molar-refractivity contribution in [2.75, 3.05) is 26.8 Å². The average molecular weight is 199 g/mol. The van der Waals surface area contributed by atoms with E-state index in [1.807, 2.05) is 0 Å². The number of ether oxygens (including phenoxy) is 1. The Bertz CT molecular complexity index is 141. The summed E-state index contributed by atoms with van der Waals surface area (Å²) in [4.78, 5) is 0. The Kier molecular flexibility index (Phi) is 5.49. The molecule has 0 unspecified atom stereocenters. The maximum atomic E-state index is 5.03. The lowest BCUT2D eigenvalue weighted by Gasteiger charge is -2.27. The van der Waals surface area contributed by atoms with Gasteiger partial charge in [0.25, 0.3) is 0 Å². The lowest BCUT2D eigenvalue weighted by molar-refractivity contribution is 0.190.